The van der Waals surface area contributed by atoms with Crippen LogP contribution in [0.4, 0.5) is 4.39 Å². The van der Waals surface area contributed by atoms with E-state index in [1.807, 2.05) is 19.1 Å². The number of hydrogen-bond donors (Lipinski definition) is 1. The smallest absolute Gasteiger partial charge is 0.126 e. The third-order valence-electron chi connectivity index (χ3n) is 3.97. The molecule has 1 aliphatic carbocycles. The van der Waals surface area contributed by atoms with Gasteiger partial charge in [0, 0.05) is 18.7 Å². The van der Waals surface area contributed by atoms with Gasteiger partial charge in [-0.3, -0.25) is 0 Å². The summed E-state index contributed by atoms with van der Waals surface area (Å²) in [5, 5.41) is 3.42. The van der Waals surface area contributed by atoms with Gasteiger partial charge in [0.05, 0.1) is 7.11 Å². The molecular weight excluding hydrogens is 277 g/mol. The molecular formula is C19H24FNO. The van der Waals surface area contributed by atoms with Crippen molar-refractivity contribution in [3.05, 3.63) is 64.3 Å². The number of allylic oxidation sites excluding steroid dienone is 5. The van der Waals surface area contributed by atoms with Crippen LogP contribution in [0, 0.1) is 12.7 Å². The molecule has 0 saturated heterocycles. The van der Waals surface area contributed by atoms with E-state index in [0.29, 0.717) is 5.56 Å². The minimum Gasteiger partial charge on any atom is -0.501 e. The van der Waals surface area contributed by atoms with Crippen molar-refractivity contribution >= 4 is 5.57 Å². The zero-order chi connectivity index (χ0) is 16.1. The van der Waals surface area contributed by atoms with Crippen LogP contribution in [-0.4, -0.2) is 13.7 Å². The number of nitrogens with one attached hydrogen (secondary N) is 1. The van der Waals surface area contributed by atoms with Crippen LogP contribution in [0.5, 0.6) is 0 Å². The zero-order valence-corrected chi connectivity index (χ0v) is 13.8. The second kappa shape index (κ2) is 7.30. The Labute approximate surface area is 132 Å². The summed E-state index contributed by atoms with van der Waals surface area (Å²) in [5.41, 5.74) is 4.91. The lowest BCUT2D eigenvalue weighted by Crippen LogP contribution is -2.14. The molecule has 1 aromatic rings. The maximum atomic E-state index is 13.8. The molecule has 0 saturated carbocycles. The first kappa shape index (κ1) is 16.3. The van der Waals surface area contributed by atoms with Gasteiger partial charge in [0.25, 0.3) is 0 Å². The monoisotopic (exact) mass is 301 g/mol. The Morgan fingerprint density at radius 2 is 2.09 bits per heavy atom. The molecule has 0 bridgehead atoms. The Morgan fingerprint density at radius 1 is 1.32 bits per heavy atom. The molecule has 0 spiro atoms. The number of methoxy groups -OCH3 is 1. The van der Waals surface area contributed by atoms with Gasteiger partial charge >= 0.3 is 0 Å². The summed E-state index contributed by atoms with van der Waals surface area (Å²) in [5.74, 6) is 0.719. The Balaban J connectivity index is 2.45. The third kappa shape index (κ3) is 3.59. The molecule has 0 aliphatic heterocycles. The van der Waals surface area contributed by atoms with Crippen LogP contribution in [-0.2, 0) is 4.74 Å². The SMILES string of the molecule is CCCN/C(C)=C1\C=C(c2cccc(F)c2C)C=C(OC)C1. The van der Waals surface area contributed by atoms with E-state index < -0.39 is 0 Å². The van der Waals surface area contributed by atoms with Crippen molar-refractivity contribution in [3.63, 3.8) is 0 Å². The summed E-state index contributed by atoms with van der Waals surface area (Å²) in [6.45, 7) is 6.98. The van der Waals surface area contributed by atoms with E-state index in [2.05, 4.69) is 25.2 Å². The fourth-order valence-electron chi connectivity index (χ4n) is 2.57. The van der Waals surface area contributed by atoms with E-state index in [1.165, 1.54) is 11.6 Å². The van der Waals surface area contributed by atoms with E-state index >= 15 is 0 Å². The normalized spacial score (nSPS) is 16.8. The average molecular weight is 301 g/mol. The molecule has 1 N–H and O–H groups in total. The van der Waals surface area contributed by atoms with Crippen molar-refractivity contribution in [1.82, 2.24) is 5.32 Å². The highest BCUT2D eigenvalue weighted by Crippen LogP contribution is 2.32. The summed E-state index contributed by atoms with van der Waals surface area (Å²) in [6, 6.07) is 5.19. The van der Waals surface area contributed by atoms with Gasteiger partial charge in [0.2, 0.25) is 0 Å². The Bertz CT molecular complexity index is 641. The van der Waals surface area contributed by atoms with Crippen molar-refractivity contribution in [2.24, 2.45) is 0 Å². The fourth-order valence-corrected chi connectivity index (χ4v) is 2.57. The van der Waals surface area contributed by atoms with Gasteiger partial charge in [-0.05, 0) is 60.8 Å². The second-order valence-corrected chi connectivity index (χ2v) is 5.58. The van der Waals surface area contributed by atoms with Gasteiger partial charge in [0.1, 0.15) is 11.6 Å². The quantitative estimate of drug-likeness (QED) is 0.849. The molecule has 0 fully saturated rings. The number of hydrogen-bond acceptors (Lipinski definition) is 2. The first-order chi connectivity index (χ1) is 10.6. The lowest BCUT2D eigenvalue weighted by molar-refractivity contribution is 0.283. The summed E-state index contributed by atoms with van der Waals surface area (Å²) in [4.78, 5) is 0. The first-order valence-corrected chi connectivity index (χ1v) is 7.72. The predicted octanol–water partition coefficient (Wildman–Crippen LogP) is 4.73. The number of ether oxygens (including phenoxy) is 1. The standard InChI is InChI=1S/C19H24FNO/c1-5-9-21-14(3)15-10-16(12-17(11-15)22-4)18-7-6-8-19(20)13(18)2/h6-8,10,12,21H,5,9,11H2,1-4H3/b15-14+. The summed E-state index contributed by atoms with van der Waals surface area (Å²) < 4.78 is 19.3. The van der Waals surface area contributed by atoms with Crippen LogP contribution in [0.15, 0.2) is 47.4 Å². The van der Waals surface area contributed by atoms with Gasteiger partial charge in [-0.25, -0.2) is 4.39 Å². The van der Waals surface area contributed by atoms with Crippen LogP contribution in [0.25, 0.3) is 5.57 Å². The molecule has 0 radical (unpaired) electrons. The van der Waals surface area contributed by atoms with Crippen molar-refractivity contribution in [2.45, 2.75) is 33.6 Å². The summed E-state index contributed by atoms with van der Waals surface area (Å²) in [7, 11) is 1.68. The summed E-state index contributed by atoms with van der Waals surface area (Å²) in [6.07, 6.45) is 5.97. The highest BCUT2D eigenvalue weighted by atomic mass is 19.1. The lowest BCUT2D eigenvalue weighted by Gasteiger charge is -2.19. The third-order valence-corrected chi connectivity index (χ3v) is 3.97. The van der Waals surface area contributed by atoms with E-state index in [4.69, 9.17) is 4.74 Å². The van der Waals surface area contributed by atoms with Gasteiger partial charge in [0.15, 0.2) is 0 Å². The van der Waals surface area contributed by atoms with Crippen LogP contribution < -0.4 is 5.32 Å². The van der Waals surface area contributed by atoms with Crippen molar-refractivity contribution < 1.29 is 9.13 Å². The van der Waals surface area contributed by atoms with E-state index in [9.17, 15) is 4.39 Å². The maximum Gasteiger partial charge on any atom is 0.126 e. The van der Waals surface area contributed by atoms with Crippen molar-refractivity contribution in [2.75, 3.05) is 13.7 Å². The molecule has 0 heterocycles. The molecule has 2 nitrogen and oxygen atoms in total. The molecule has 0 amide bonds. The molecule has 1 aromatic carbocycles. The van der Waals surface area contributed by atoms with Crippen LogP contribution in [0.3, 0.4) is 0 Å². The molecule has 0 atom stereocenters. The molecule has 0 aromatic heterocycles. The van der Waals surface area contributed by atoms with Gasteiger partial charge in [-0.15, -0.1) is 0 Å². The average Bonchev–Trinajstić information content (AvgIpc) is 2.54. The largest absolute Gasteiger partial charge is 0.501 e. The fraction of sp³-hybridized carbons (Fsp3) is 0.368. The lowest BCUT2D eigenvalue weighted by atomic mass is 9.91. The van der Waals surface area contributed by atoms with Crippen LogP contribution >= 0.6 is 0 Å². The highest BCUT2D eigenvalue weighted by Gasteiger charge is 2.15. The van der Waals surface area contributed by atoms with E-state index in [0.717, 1.165) is 42.0 Å². The molecule has 118 valence electrons. The van der Waals surface area contributed by atoms with Crippen molar-refractivity contribution in [3.8, 4) is 0 Å². The molecule has 2 rings (SSSR count). The topological polar surface area (TPSA) is 21.3 Å². The molecule has 22 heavy (non-hydrogen) atoms. The highest BCUT2D eigenvalue weighted by molar-refractivity contribution is 5.80. The van der Waals surface area contributed by atoms with Crippen LogP contribution in [0.1, 0.15) is 37.8 Å². The van der Waals surface area contributed by atoms with Gasteiger partial charge in [-0.1, -0.05) is 19.1 Å². The van der Waals surface area contributed by atoms with E-state index in [1.54, 1.807) is 13.2 Å². The van der Waals surface area contributed by atoms with Gasteiger partial charge in [-0.2, -0.15) is 0 Å². The second-order valence-electron chi connectivity index (χ2n) is 5.58. The Kier molecular flexibility index (Phi) is 5.42. The number of halogens is 1. The zero-order valence-electron chi connectivity index (χ0n) is 13.8. The number of rotatable bonds is 5. The van der Waals surface area contributed by atoms with E-state index in [-0.39, 0.29) is 5.82 Å². The van der Waals surface area contributed by atoms with Crippen LogP contribution in [0.2, 0.25) is 0 Å². The predicted molar refractivity (Wildman–Crippen MR) is 89.8 cm³/mol. The Morgan fingerprint density at radius 3 is 2.77 bits per heavy atom. The summed E-state index contributed by atoms with van der Waals surface area (Å²) >= 11 is 0. The van der Waals surface area contributed by atoms with Crippen molar-refractivity contribution in [1.29, 1.82) is 0 Å². The molecule has 3 heteroatoms. The minimum absolute atomic E-state index is 0.178. The minimum atomic E-state index is -0.178. The Hall–Kier alpha value is -2.03. The molecule has 1 aliphatic rings. The van der Waals surface area contributed by atoms with Gasteiger partial charge < -0.3 is 10.1 Å². The first-order valence-electron chi connectivity index (χ1n) is 7.72. The maximum absolute atomic E-state index is 13.8. The molecule has 0 unspecified atom stereocenters. The number of benzene rings is 1.